The van der Waals surface area contributed by atoms with E-state index in [0.29, 0.717) is 12.5 Å². The van der Waals surface area contributed by atoms with E-state index >= 15 is 0 Å². The Balaban J connectivity index is 2.33. The van der Waals surface area contributed by atoms with Crippen LogP contribution in [0.15, 0.2) is 12.1 Å². The summed E-state index contributed by atoms with van der Waals surface area (Å²) in [4.78, 5) is 11.1. The van der Waals surface area contributed by atoms with Crippen LogP contribution in [-0.4, -0.2) is 30.0 Å². The number of ether oxygens (including phenoxy) is 1. The molecule has 1 aromatic carbocycles. The average molecular weight is 295 g/mol. The summed E-state index contributed by atoms with van der Waals surface area (Å²) >= 11 is 1.47. The van der Waals surface area contributed by atoms with Gasteiger partial charge >= 0.3 is 5.97 Å². The zero-order valence-electron chi connectivity index (χ0n) is 12.3. The predicted molar refractivity (Wildman–Crippen MR) is 81.6 cm³/mol. The van der Waals surface area contributed by atoms with Crippen LogP contribution in [0, 0.1) is 6.92 Å². The molecule has 2 rings (SSSR count). The smallest absolute Gasteiger partial charge is 0.318 e. The standard InChI is InChI=1S/C15H21NO3S/c1-8(2)10-6-11(9(3)5-12(10)19-4)14-16-7-13(20-14)15(17)18/h5-6,8,13-14,16H,7H2,1-4H3,(H,17,18)/t13-,14-/m0/s1. The van der Waals surface area contributed by atoms with Gasteiger partial charge in [-0.05, 0) is 41.7 Å². The fourth-order valence-corrected chi connectivity index (χ4v) is 3.66. The second-order valence-corrected chi connectivity index (χ2v) is 6.67. The van der Waals surface area contributed by atoms with E-state index in [2.05, 4.69) is 25.2 Å². The second kappa shape index (κ2) is 6.06. The highest BCUT2D eigenvalue weighted by molar-refractivity contribution is 8.01. The quantitative estimate of drug-likeness (QED) is 0.894. The van der Waals surface area contributed by atoms with E-state index in [0.717, 1.165) is 22.4 Å². The van der Waals surface area contributed by atoms with Crippen molar-refractivity contribution >= 4 is 17.7 Å². The highest BCUT2D eigenvalue weighted by Crippen LogP contribution is 2.40. The van der Waals surface area contributed by atoms with Gasteiger partial charge in [-0.2, -0.15) is 0 Å². The second-order valence-electron chi connectivity index (χ2n) is 5.36. The predicted octanol–water partition coefficient (Wildman–Crippen LogP) is 2.92. The molecule has 0 aliphatic carbocycles. The molecule has 0 saturated carbocycles. The van der Waals surface area contributed by atoms with Crippen LogP contribution in [0.3, 0.4) is 0 Å². The largest absolute Gasteiger partial charge is 0.496 e. The lowest BCUT2D eigenvalue weighted by Gasteiger charge is -2.19. The van der Waals surface area contributed by atoms with Crippen LogP contribution in [0.4, 0.5) is 0 Å². The first-order chi connectivity index (χ1) is 9.43. The number of benzene rings is 1. The molecule has 0 spiro atoms. The number of hydrogen-bond acceptors (Lipinski definition) is 4. The molecule has 1 fully saturated rings. The molecule has 1 saturated heterocycles. The van der Waals surface area contributed by atoms with Crippen LogP contribution < -0.4 is 10.1 Å². The average Bonchev–Trinajstić information content (AvgIpc) is 2.87. The number of carbonyl (C=O) groups is 1. The Bertz CT molecular complexity index is 516. The van der Waals surface area contributed by atoms with Crippen molar-refractivity contribution in [3.8, 4) is 5.75 Å². The highest BCUT2D eigenvalue weighted by atomic mass is 32.2. The summed E-state index contributed by atoms with van der Waals surface area (Å²) in [7, 11) is 1.68. The summed E-state index contributed by atoms with van der Waals surface area (Å²) in [6.45, 7) is 6.81. The third-order valence-electron chi connectivity index (χ3n) is 3.59. The third-order valence-corrected chi connectivity index (χ3v) is 4.98. The fraction of sp³-hybridized carbons (Fsp3) is 0.533. The minimum absolute atomic E-state index is 0.0412. The summed E-state index contributed by atoms with van der Waals surface area (Å²) in [5.74, 6) is 0.519. The number of aryl methyl sites for hydroxylation is 1. The summed E-state index contributed by atoms with van der Waals surface area (Å²) in [6.07, 6.45) is 0. The van der Waals surface area contributed by atoms with Crippen molar-refractivity contribution in [3.05, 3.63) is 28.8 Å². The van der Waals surface area contributed by atoms with Gasteiger partial charge in [-0.25, -0.2) is 0 Å². The van der Waals surface area contributed by atoms with Gasteiger partial charge < -0.3 is 9.84 Å². The van der Waals surface area contributed by atoms with E-state index in [9.17, 15) is 4.79 Å². The third kappa shape index (κ3) is 2.94. The SMILES string of the molecule is COc1cc(C)c([C@H]2NC[C@@H](C(=O)O)S2)cc1C(C)C. The first kappa shape index (κ1) is 15.2. The summed E-state index contributed by atoms with van der Waals surface area (Å²) < 4.78 is 5.44. The van der Waals surface area contributed by atoms with Crippen LogP contribution in [0.1, 0.15) is 41.8 Å². The van der Waals surface area contributed by atoms with Crippen molar-refractivity contribution < 1.29 is 14.6 Å². The van der Waals surface area contributed by atoms with Crippen LogP contribution >= 0.6 is 11.8 Å². The lowest BCUT2D eigenvalue weighted by molar-refractivity contribution is -0.136. The molecule has 0 unspecified atom stereocenters. The maximum atomic E-state index is 11.1. The van der Waals surface area contributed by atoms with Crippen molar-refractivity contribution in [3.63, 3.8) is 0 Å². The lowest BCUT2D eigenvalue weighted by Crippen LogP contribution is -2.21. The van der Waals surface area contributed by atoms with Gasteiger partial charge in [0.2, 0.25) is 0 Å². The lowest BCUT2D eigenvalue weighted by atomic mass is 9.96. The Hall–Kier alpha value is -1.20. The molecule has 2 N–H and O–H groups in total. The maximum absolute atomic E-state index is 11.1. The zero-order chi connectivity index (χ0) is 14.9. The highest BCUT2D eigenvalue weighted by Gasteiger charge is 2.32. The molecular formula is C15H21NO3S. The molecule has 1 heterocycles. The number of thioether (sulfide) groups is 1. The Labute approximate surface area is 123 Å². The van der Waals surface area contributed by atoms with E-state index in [1.54, 1.807) is 7.11 Å². The molecule has 1 aliphatic rings. The Morgan fingerprint density at radius 2 is 2.20 bits per heavy atom. The van der Waals surface area contributed by atoms with Crippen molar-refractivity contribution in [2.24, 2.45) is 0 Å². The van der Waals surface area contributed by atoms with E-state index in [1.165, 1.54) is 11.8 Å². The Morgan fingerprint density at radius 3 is 2.70 bits per heavy atom. The van der Waals surface area contributed by atoms with Crippen molar-refractivity contribution in [1.82, 2.24) is 5.32 Å². The Kier molecular flexibility index (Phi) is 4.60. The number of nitrogens with one attached hydrogen (secondary N) is 1. The van der Waals surface area contributed by atoms with Gasteiger partial charge in [-0.1, -0.05) is 13.8 Å². The molecule has 1 aromatic rings. The number of hydrogen-bond donors (Lipinski definition) is 2. The topological polar surface area (TPSA) is 58.6 Å². The van der Waals surface area contributed by atoms with E-state index in [-0.39, 0.29) is 10.6 Å². The zero-order valence-corrected chi connectivity index (χ0v) is 13.1. The molecule has 0 amide bonds. The number of rotatable bonds is 4. The van der Waals surface area contributed by atoms with Gasteiger partial charge in [0.25, 0.3) is 0 Å². The number of carboxylic acids is 1. The molecule has 4 nitrogen and oxygen atoms in total. The summed E-state index contributed by atoms with van der Waals surface area (Å²) in [6, 6.07) is 4.19. The van der Waals surface area contributed by atoms with Crippen molar-refractivity contribution in [2.75, 3.05) is 13.7 Å². The normalized spacial score (nSPS) is 22.2. The molecular weight excluding hydrogens is 274 g/mol. The van der Waals surface area contributed by atoms with Gasteiger partial charge in [0.05, 0.1) is 12.5 Å². The van der Waals surface area contributed by atoms with Crippen molar-refractivity contribution in [1.29, 1.82) is 0 Å². The van der Waals surface area contributed by atoms with Crippen LogP contribution in [0.5, 0.6) is 5.75 Å². The molecule has 2 atom stereocenters. The molecule has 0 bridgehead atoms. The molecule has 0 radical (unpaired) electrons. The van der Waals surface area contributed by atoms with Crippen LogP contribution in [0.25, 0.3) is 0 Å². The number of carboxylic acid groups (broad SMARTS) is 1. The maximum Gasteiger partial charge on any atom is 0.318 e. The first-order valence-corrected chi connectivity index (χ1v) is 7.68. The minimum atomic E-state index is -0.750. The summed E-state index contributed by atoms with van der Waals surface area (Å²) in [5, 5.41) is 12.1. The van der Waals surface area contributed by atoms with Crippen LogP contribution in [0.2, 0.25) is 0 Å². The van der Waals surface area contributed by atoms with E-state index in [4.69, 9.17) is 9.84 Å². The van der Waals surface area contributed by atoms with Gasteiger partial charge in [0, 0.05) is 6.54 Å². The molecule has 110 valence electrons. The van der Waals surface area contributed by atoms with Gasteiger partial charge in [0.15, 0.2) is 0 Å². The van der Waals surface area contributed by atoms with Crippen molar-refractivity contribution in [2.45, 2.75) is 37.3 Å². The Morgan fingerprint density at radius 1 is 1.50 bits per heavy atom. The molecule has 0 aromatic heterocycles. The van der Waals surface area contributed by atoms with Gasteiger partial charge in [-0.3, -0.25) is 10.1 Å². The summed E-state index contributed by atoms with van der Waals surface area (Å²) in [5.41, 5.74) is 3.44. The number of aliphatic carboxylic acids is 1. The van der Waals surface area contributed by atoms with E-state index < -0.39 is 5.97 Å². The fourth-order valence-electron chi connectivity index (χ4n) is 2.43. The van der Waals surface area contributed by atoms with Crippen LogP contribution in [-0.2, 0) is 4.79 Å². The first-order valence-electron chi connectivity index (χ1n) is 6.74. The molecule has 20 heavy (non-hydrogen) atoms. The van der Waals surface area contributed by atoms with Gasteiger partial charge in [0.1, 0.15) is 11.0 Å². The van der Waals surface area contributed by atoms with E-state index in [1.807, 2.05) is 13.0 Å². The van der Waals surface area contributed by atoms with Gasteiger partial charge in [-0.15, -0.1) is 11.8 Å². The minimum Gasteiger partial charge on any atom is -0.496 e. The molecule has 1 aliphatic heterocycles. The molecule has 5 heteroatoms. The monoisotopic (exact) mass is 295 g/mol. The number of methoxy groups -OCH3 is 1.